The first-order valence-corrected chi connectivity index (χ1v) is 19.2. The van der Waals surface area contributed by atoms with Gasteiger partial charge in [-0.15, -0.1) is 0 Å². The highest BCUT2D eigenvalue weighted by molar-refractivity contribution is 7.91. The molecule has 4 aliphatic rings. The summed E-state index contributed by atoms with van der Waals surface area (Å²) in [6.07, 6.45) is 0.485. The minimum Gasteiger partial charge on any atom is -0.443 e. The number of rotatable bonds is 10. The van der Waals surface area contributed by atoms with Crippen LogP contribution in [-0.2, 0) is 34.0 Å². The third kappa shape index (κ3) is 7.46. The Morgan fingerprint density at radius 3 is 2.02 bits per heavy atom. The summed E-state index contributed by atoms with van der Waals surface area (Å²) in [6.45, 7) is 10.4. The van der Waals surface area contributed by atoms with E-state index in [1.165, 1.54) is 0 Å². The van der Waals surface area contributed by atoms with E-state index in [1.54, 1.807) is 34.6 Å². The van der Waals surface area contributed by atoms with Gasteiger partial charge in [0.05, 0.1) is 17.1 Å². The number of hydrazine groups is 1. The lowest BCUT2D eigenvalue weighted by Crippen LogP contribution is -2.56. The molecule has 3 fully saturated rings. The normalized spacial score (nSPS) is 25.0. The minimum absolute atomic E-state index is 0.0928. The Bertz CT molecular complexity index is 1820. The van der Waals surface area contributed by atoms with Crippen LogP contribution in [0.1, 0.15) is 91.2 Å². The van der Waals surface area contributed by atoms with E-state index in [-0.39, 0.29) is 25.2 Å². The number of nitrogens with one attached hydrogen (secondary N) is 3. The number of sulfonamides is 1. The standard InChI is InChI=1S/C37H47N5O8S/c1-7-22-20-37(22,34(45)41-51(47,48)24-16-17-24)38-32(43)29-18-23(19-30(29)33(44)42(21(2)3)39-35(46)49-36(4,5)6)50-40-31-27-14-10-8-12-25(27)26-13-9-11-15-28(26)31/h8-15,21-24,29-30H,7,16-20H2,1-6H3,(H,38,43)(H,39,46)(H,41,45)/t22-,23-,29-,30-,37-/m1/s1. The first-order chi connectivity index (χ1) is 24.0. The summed E-state index contributed by atoms with van der Waals surface area (Å²) in [5, 5.41) is 8.01. The molecule has 14 heteroatoms. The average Bonchev–Trinajstić information content (AvgIpc) is 3.97. The van der Waals surface area contributed by atoms with E-state index in [9.17, 15) is 27.6 Å². The van der Waals surface area contributed by atoms with Crippen molar-refractivity contribution in [2.24, 2.45) is 22.9 Å². The van der Waals surface area contributed by atoms with Gasteiger partial charge in [0.15, 0.2) is 0 Å². The molecule has 0 aromatic heterocycles. The molecule has 2 aromatic rings. The van der Waals surface area contributed by atoms with Crippen LogP contribution in [-0.4, -0.2) is 71.5 Å². The van der Waals surface area contributed by atoms with Gasteiger partial charge in [-0.1, -0.05) is 67.0 Å². The van der Waals surface area contributed by atoms with Crippen molar-refractivity contribution >= 4 is 39.5 Å². The SMILES string of the molecule is CC[C@@H]1C[C@]1(NC(=O)[C@@H]1C[C@@H](ON=C2c3ccccc3-c3ccccc32)C[C@H]1C(=O)N(NC(=O)OC(C)(C)C)C(C)C)C(=O)NS(=O)(=O)C1CC1. The molecule has 4 aliphatic carbocycles. The van der Waals surface area contributed by atoms with Crippen LogP contribution in [0.4, 0.5) is 4.79 Å². The molecule has 5 atom stereocenters. The fourth-order valence-corrected chi connectivity index (χ4v) is 8.55. The Balaban J connectivity index is 1.27. The van der Waals surface area contributed by atoms with Gasteiger partial charge >= 0.3 is 6.09 Å². The quantitative estimate of drug-likeness (QED) is 0.259. The first kappa shape index (κ1) is 36.3. The Kier molecular flexibility index (Phi) is 9.68. The number of benzene rings is 2. The van der Waals surface area contributed by atoms with Crippen LogP contribution in [0.25, 0.3) is 11.1 Å². The Hall–Kier alpha value is -4.46. The molecule has 6 rings (SSSR count). The van der Waals surface area contributed by atoms with Crippen molar-refractivity contribution in [2.75, 3.05) is 0 Å². The third-order valence-electron chi connectivity index (χ3n) is 10.0. The van der Waals surface area contributed by atoms with Gasteiger partial charge < -0.3 is 14.9 Å². The number of carbonyl (C=O) groups excluding carboxylic acids is 4. The number of fused-ring (bicyclic) bond motifs is 3. The van der Waals surface area contributed by atoms with Crippen molar-refractivity contribution in [1.82, 2.24) is 20.5 Å². The second-order valence-corrected chi connectivity index (χ2v) is 17.3. The van der Waals surface area contributed by atoms with E-state index in [1.807, 2.05) is 55.5 Å². The van der Waals surface area contributed by atoms with Gasteiger partial charge in [-0.3, -0.25) is 19.1 Å². The van der Waals surface area contributed by atoms with E-state index >= 15 is 0 Å². The van der Waals surface area contributed by atoms with Gasteiger partial charge in [0.1, 0.15) is 23.0 Å². The minimum atomic E-state index is -3.85. The molecule has 3 saturated carbocycles. The molecule has 51 heavy (non-hydrogen) atoms. The average molecular weight is 722 g/mol. The summed E-state index contributed by atoms with van der Waals surface area (Å²) in [4.78, 5) is 60.9. The van der Waals surface area contributed by atoms with Crippen LogP contribution < -0.4 is 15.5 Å². The molecule has 4 amide bonds. The van der Waals surface area contributed by atoms with Gasteiger partial charge in [-0.2, -0.15) is 0 Å². The van der Waals surface area contributed by atoms with Gasteiger partial charge in [0.2, 0.25) is 21.8 Å². The molecule has 0 bridgehead atoms. The summed E-state index contributed by atoms with van der Waals surface area (Å²) < 4.78 is 33.0. The van der Waals surface area contributed by atoms with Crippen molar-refractivity contribution in [3.8, 4) is 11.1 Å². The summed E-state index contributed by atoms with van der Waals surface area (Å²) in [7, 11) is -3.85. The van der Waals surface area contributed by atoms with E-state index in [2.05, 4.69) is 20.6 Å². The van der Waals surface area contributed by atoms with Crippen LogP contribution in [0.5, 0.6) is 0 Å². The third-order valence-corrected chi connectivity index (χ3v) is 11.9. The number of carbonyl (C=O) groups is 4. The van der Waals surface area contributed by atoms with E-state index in [0.29, 0.717) is 25.0 Å². The smallest absolute Gasteiger partial charge is 0.426 e. The van der Waals surface area contributed by atoms with Crippen molar-refractivity contribution < 1.29 is 37.2 Å². The summed E-state index contributed by atoms with van der Waals surface area (Å²) in [5.41, 5.74) is 4.82. The molecule has 13 nitrogen and oxygen atoms in total. The largest absolute Gasteiger partial charge is 0.443 e. The molecule has 0 heterocycles. The number of hydrogen-bond donors (Lipinski definition) is 3. The maximum absolute atomic E-state index is 14.3. The number of hydrogen-bond acceptors (Lipinski definition) is 9. The lowest BCUT2D eigenvalue weighted by atomic mass is 9.93. The summed E-state index contributed by atoms with van der Waals surface area (Å²) >= 11 is 0. The lowest BCUT2D eigenvalue weighted by Gasteiger charge is -2.32. The maximum Gasteiger partial charge on any atom is 0.426 e. The second-order valence-electron chi connectivity index (χ2n) is 15.3. The Morgan fingerprint density at radius 1 is 0.941 bits per heavy atom. The van der Waals surface area contributed by atoms with Crippen LogP contribution in [0.15, 0.2) is 53.7 Å². The molecule has 0 radical (unpaired) electrons. The fraction of sp³-hybridized carbons (Fsp3) is 0.541. The monoisotopic (exact) mass is 721 g/mol. The molecule has 274 valence electrons. The van der Waals surface area contributed by atoms with E-state index in [0.717, 1.165) is 27.3 Å². The maximum atomic E-state index is 14.3. The van der Waals surface area contributed by atoms with Crippen LogP contribution in [0.2, 0.25) is 0 Å². The topological polar surface area (TPSA) is 173 Å². The summed E-state index contributed by atoms with van der Waals surface area (Å²) in [6, 6.07) is 15.2. The van der Waals surface area contributed by atoms with Crippen molar-refractivity contribution in [3.05, 3.63) is 59.7 Å². The molecule has 0 saturated heterocycles. The highest BCUT2D eigenvalue weighted by Gasteiger charge is 2.62. The van der Waals surface area contributed by atoms with Gasteiger partial charge in [-0.05, 0) is 83.8 Å². The van der Waals surface area contributed by atoms with E-state index < -0.39 is 74.2 Å². The zero-order valence-corrected chi connectivity index (χ0v) is 30.7. The Labute approximate surface area is 298 Å². The second kappa shape index (κ2) is 13.6. The van der Waals surface area contributed by atoms with Gasteiger partial charge in [0.25, 0.3) is 5.91 Å². The zero-order valence-electron chi connectivity index (χ0n) is 29.9. The lowest BCUT2D eigenvalue weighted by molar-refractivity contribution is -0.145. The molecule has 0 aliphatic heterocycles. The van der Waals surface area contributed by atoms with Crippen molar-refractivity contribution in [3.63, 3.8) is 0 Å². The first-order valence-electron chi connectivity index (χ1n) is 17.7. The summed E-state index contributed by atoms with van der Waals surface area (Å²) in [5.74, 6) is -4.07. The number of amides is 4. The molecule has 2 aromatic carbocycles. The van der Waals surface area contributed by atoms with E-state index in [4.69, 9.17) is 9.57 Å². The van der Waals surface area contributed by atoms with Crippen LogP contribution in [0, 0.1) is 17.8 Å². The molecule has 0 unspecified atom stereocenters. The van der Waals surface area contributed by atoms with Crippen LogP contribution >= 0.6 is 0 Å². The molecular formula is C37H47N5O8S. The zero-order chi connectivity index (χ0) is 36.9. The number of nitrogens with zero attached hydrogens (tertiary/aromatic N) is 2. The van der Waals surface area contributed by atoms with Crippen LogP contribution in [0.3, 0.4) is 0 Å². The van der Waals surface area contributed by atoms with Crippen molar-refractivity contribution in [2.45, 2.75) is 109 Å². The van der Waals surface area contributed by atoms with Crippen molar-refractivity contribution in [1.29, 1.82) is 0 Å². The predicted molar refractivity (Wildman–Crippen MR) is 189 cm³/mol. The molecule has 0 spiro atoms. The number of oxime groups is 1. The number of ether oxygens (including phenoxy) is 1. The molecule has 3 N–H and O–H groups in total. The molecular weight excluding hydrogens is 675 g/mol. The highest BCUT2D eigenvalue weighted by Crippen LogP contribution is 2.48. The highest BCUT2D eigenvalue weighted by atomic mass is 32.2. The fourth-order valence-electron chi connectivity index (χ4n) is 7.18. The predicted octanol–water partition coefficient (Wildman–Crippen LogP) is 4.40. The Morgan fingerprint density at radius 2 is 1.51 bits per heavy atom. The van der Waals surface area contributed by atoms with Gasteiger partial charge in [0, 0.05) is 17.2 Å². The van der Waals surface area contributed by atoms with Gasteiger partial charge in [-0.25, -0.2) is 23.6 Å².